The molecule has 0 aromatic carbocycles. The van der Waals surface area contributed by atoms with Crippen molar-refractivity contribution < 1.29 is 0 Å². The summed E-state index contributed by atoms with van der Waals surface area (Å²) < 4.78 is 0. The largest absolute Gasteiger partial charge is 0.366 e. The molecular formula is C13H11N5. The fourth-order valence-electron chi connectivity index (χ4n) is 1.65. The van der Waals surface area contributed by atoms with Gasteiger partial charge in [0, 0.05) is 31.3 Å². The summed E-state index contributed by atoms with van der Waals surface area (Å²) in [6, 6.07) is 7.73. The predicted molar refractivity (Wildman–Crippen MR) is 68.9 cm³/mol. The van der Waals surface area contributed by atoms with Crippen LogP contribution in [0.1, 0.15) is 5.56 Å². The third-order valence-electron chi connectivity index (χ3n) is 2.53. The van der Waals surface area contributed by atoms with E-state index in [1.165, 1.54) is 0 Å². The molecule has 88 valence electrons. The van der Waals surface area contributed by atoms with Crippen molar-refractivity contribution in [2.45, 2.75) is 6.54 Å². The molecule has 0 saturated heterocycles. The van der Waals surface area contributed by atoms with Crippen molar-refractivity contribution in [3.8, 4) is 0 Å². The van der Waals surface area contributed by atoms with Crippen LogP contribution in [0.15, 0.2) is 49.1 Å². The van der Waals surface area contributed by atoms with E-state index in [1.807, 2.05) is 30.5 Å². The van der Waals surface area contributed by atoms with Gasteiger partial charge in [0.15, 0.2) is 5.65 Å². The highest BCUT2D eigenvalue weighted by atomic mass is 15.0. The molecule has 0 fully saturated rings. The van der Waals surface area contributed by atoms with Crippen LogP contribution in [0, 0.1) is 0 Å². The van der Waals surface area contributed by atoms with E-state index in [1.54, 1.807) is 18.6 Å². The fourth-order valence-corrected chi connectivity index (χ4v) is 1.65. The van der Waals surface area contributed by atoms with Crippen LogP contribution >= 0.6 is 0 Å². The Hall–Kier alpha value is -2.56. The maximum atomic E-state index is 4.39. The van der Waals surface area contributed by atoms with E-state index in [2.05, 4.69) is 25.3 Å². The SMILES string of the molecule is c1cncc(CNc2ccc3nccnc3n2)c1. The van der Waals surface area contributed by atoms with Crippen LogP contribution in [0.4, 0.5) is 5.82 Å². The number of aromatic nitrogens is 4. The minimum Gasteiger partial charge on any atom is -0.366 e. The highest BCUT2D eigenvalue weighted by Gasteiger charge is 1.99. The zero-order valence-electron chi connectivity index (χ0n) is 9.61. The predicted octanol–water partition coefficient (Wildman–Crippen LogP) is 2.03. The van der Waals surface area contributed by atoms with Gasteiger partial charge in [0.1, 0.15) is 11.3 Å². The Morgan fingerprint density at radius 3 is 2.83 bits per heavy atom. The van der Waals surface area contributed by atoms with Crippen molar-refractivity contribution in [1.82, 2.24) is 19.9 Å². The van der Waals surface area contributed by atoms with Crippen molar-refractivity contribution >= 4 is 17.0 Å². The first kappa shape index (κ1) is 10.6. The molecule has 5 nitrogen and oxygen atoms in total. The molecule has 0 aliphatic rings. The smallest absolute Gasteiger partial charge is 0.180 e. The van der Waals surface area contributed by atoms with E-state index in [0.29, 0.717) is 12.2 Å². The number of hydrogen-bond acceptors (Lipinski definition) is 5. The standard InChI is InChI=1S/C13H11N5/c1-2-10(8-14-5-1)9-17-12-4-3-11-13(18-12)16-7-6-15-11/h1-8H,9H2,(H,16,17,18). The molecule has 3 rings (SSSR count). The highest BCUT2D eigenvalue weighted by Crippen LogP contribution is 2.11. The second-order valence-electron chi connectivity index (χ2n) is 3.81. The second-order valence-corrected chi connectivity index (χ2v) is 3.81. The Kier molecular flexibility index (Phi) is 2.79. The van der Waals surface area contributed by atoms with Gasteiger partial charge in [0.05, 0.1) is 0 Å². The van der Waals surface area contributed by atoms with E-state index in [-0.39, 0.29) is 0 Å². The van der Waals surface area contributed by atoms with E-state index in [0.717, 1.165) is 16.9 Å². The number of rotatable bonds is 3. The monoisotopic (exact) mass is 237 g/mol. The molecule has 18 heavy (non-hydrogen) atoms. The number of fused-ring (bicyclic) bond motifs is 1. The summed E-state index contributed by atoms with van der Waals surface area (Å²) in [6.07, 6.45) is 6.88. The molecule has 3 aromatic heterocycles. The summed E-state index contributed by atoms with van der Waals surface area (Å²) in [5.74, 6) is 0.784. The van der Waals surface area contributed by atoms with Gasteiger partial charge in [0.25, 0.3) is 0 Å². The minimum absolute atomic E-state index is 0.647. The van der Waals surface area contributed by atoms with Gasteiger partial charge in [-0.3, -0.25) is 9.97 Å². The maximum Gasteiger partial charge on any atom is 0.180 e. The molecule has 1 N–H and O–H groups in total. The van der Waals surface area contributed by atoms with Crippen molar-refractivity contribution in [3.63, 3.8) is 0 Å². The lowest BCUT2D eigenvalue weighted by Crippen LogP contribution is -2.02. The van der Waals surface area contributed by atoms with Crippen molar-refractivity contribution in [1.29, 1.82) is 0 Å². The van der Waals surface area contributed by atoms with Crippen LogP contribution in [0.25, 0.3) is 11.2 Å². The third kappa shape index (κ3) is 2.24. The van der Waals surface area contributed by atoms with Gasteiger partial charge in [-0.1, -0.05) is 6.07 Å². The molecular weight excluding hydrogens is 226 g/mol. The molecule has 0 unspecified atom stereocenters. The van der Waals surface area contributed by atoms with E-state index >= 15 is 0 Å². The summed E-state index contributed by atoms with van der Waals surface area (Å²) in [5.41, 5.74) is 2.55. The molecule has 0 amide bonds. The number of pyridine rings is 2. The second kappa shape index (κ2) is 4.75. The van der Waals surface area contributed by atoms with Crippen LogP contribution in [0.2, 0.25) is 0 Å². The lowest BCUT2D eigenvalue weighted by Gasteiger charge is -2.05. The molecule has 0 bridgehead atoms. The molecule has 3 heterocycles. The number of hydrogen-bond donors (Lipinski definition) is 1. The summed E-state index contributed by atoms with van der Waals surface area (Å²) >= 11 is 0. The first-order chi connectivity index (χ1) is 8.92. The third-order valence-corrected chi connectivity index (χ3v) is 2.53. The molecule has 0 radical (unpaired) electrons. The zero-order chi connectivity index (χ0) is 12.2. The topological polar surface area (TPSA) is 63.6 Å². The van der Waals surface area contributed by atoms with Crippen molar-refractivity contribution in [2.24, 2.45) is 0 Å². The zero-order valence-corrected chi connectivity index (χ0v) is 9.61. The maximum absolute atomic E-state index is 4.39. The quantitative estimate of drug-likeness (QED) is 0.755. The van der Waals surface area contributed by atoms with Crippen LogP contribution in [-0.2, 0) is 6.54 Å². The van der Waals surface area contributed by atoms with Gasteiger partial charge < -0.3 is 5.32 Å². The first-order valence-electron chi connectivity index (χ1n) is 5.62. The summed E-state index contributed by atoms with van der Waals surface area (Å²) in [4.78, 5) is 16.8. The van der Waals surface area contributed by atoms with Crippen LogP contribution in [-0.4, -0.2) is 19.9 Å². The molecule has 5 heteroatoms. The number of nitrogens with one attached hydrogen (secondary N) is 1. The fraction of sp³-hybridized carbons (Fsp3) is 0.0769. The van der Waals surface area contributed by atoms with Gasteiger partial charge in [-0.15, -0.1) is 0 Å². The molecule has 0 aliphatic heterocycles. The van der Waals surface area contributed by atoms with Gasteiger partial charge in [0.2, 0.25) is 0 Å². The van der Waals surface area contributed by atoms with Gasteiger partial charge in [-0.25, -0.2) is 9.97 Å². The minimum atomic E-state index is 0.647. The number of nitrogens with zero attached hydrogens (tertiary/aromatic N) is 4. The van der Waals surface area contributed by atoms with Crippen LogP contribution in [0.5, 0.6) is 0 Å². The Balaban J connectivity index is 1.79. The Bertz CT molecular complexity index is 654. The lowest BCUT2D eigenvalue weighted by molar-refractivity contribution is 1.09. The molecule has 0 aliphatic carbocycles. The summed E-state index contributed by atoms with van der Waals surface area (Å²) in [6.45, 7) is 0.687. The average Bonchev–Trinajstić information content (AvgIpc) is 2.46. The first-order valence-corrected chi connectivity index (χ1v) is 5.62. The van der Waals surface area contributed by atoms with E-state index in [9.17, 15) is 0 Å². The van der Waals surface area contributed by atoms with Crippen LogP contribution < -0.4 is 5.32 Å². The Morgan fingerprint density at radius 2 is 1.94 bits per heavy atom. The Morgan fingerprint density at radius 1 is 1.00 bits per heavy atom. The molecule has 3 aromatic rings. The molecule has 0 saturated carbocycles. The summed E-state index contributed by atoms with van der Waals surface area (Å²) in [7, 11) is 0. The van der Waals surface area contributed by atoms with Crippen LogP contribution in [0.3, 0.4) is 0 Å². The van der Waals surface area contributed by atoms with Crippen molar-refractivity contribution in [2.75, 3.05) is 5.32 Å². The van der Waals surface area contributed by atoms with Gasteiger partial charge >= 0.3 is 0 Å². The average molecular weight is 237 g/mol. The van der Waals surface area contributed by atoms with E-state index < -0.39 is 0 Å². The molecule has 0 spiro atoms. The highest BCUT2D eigenvalue weighted by molar-refractivity contribution is 5.71. The molecule has 0 atom stereocenters. The van der Waals surface area contributed by atoms with E-state index in [4.69, 9.17) is 0 Å². The van der Waals surface area contributed by atoms with Gasteiger partial charge in [-0.05, 0) is 23.8 Å². The summed E-state index contributed by atoms with van der Waals surface area (Å²) in [5, 5.41) is 3.23. The Labute approximate surface area is 104 Å². The normalized spacial score (nSPS) is 10.4. The lowest BCUT2D eigenvalue weighted by atomic mass is 10.3. The van der Waals surface area contributed by atoms with Gasteiger partial charge in [-0.2, -0.15) is 0 Å². The van der Waals surface area contributed by atoms with Crippen molar-refractivity contribution in [3.05, 3.63) is 54.6 Å². The number of anilines is 1.